The van der Waals surface area contributed by atoms with Crippen LogP contribution in [-0.4, -0.2) is 25.5 Å². The van der Waals surface area contributed by atoms with E-state index in [1.54, 1.807) is 11.3 Å². The van der Waals surface area contributed by atoms with E-state index >= 15 is 0 Å². The fourth-order valence-corrected chi connectivity index (χ4v) is 6.06. The Hall–Kier alpha value is 0.0500. The van der Waals surface area contributed by atoms with Crippen LogP contribution in [-0.2, 0) is 16.3 Å². The van der Waals surface area contributed by atoms with Gasteiger partial charge in [-0.25, -0.2) is 8.42 Å². The lowest BCUT2D eigenvalue weighted by Gasteiger charge is -2.29. The van der Waals surface area contributed by atoms with E-state index in [0.29, 0.717) is 18.6 Å². The highest BCUT2D eigenvalue weighted by Crippen LogP contribution is 2.27. The maximum atomic E-state index is 12.1. The van der Waals surface area contributed by atoms with Crippen molar-refractivity contribution in [3.63, 3.8) is 0 Å². The van der Waals surface area contributed by atoms with Gasteiger partial charge in [0.15, 0.2) is 9.84 Å². The maximum Gasteiger partial charge on any atom is 0.154 e. The van der Waals surface area contributed by atoms with Crippen molar-refractivity contribution < 1.29 is 8.42 Å². The third-order valence-corrected chi connectivity index (χ3v) is 7.33. The normalized spacial score (nSPS) is 24.9. The quantitative estimate of drug-likeness (QED) is 0.640. The molecule has 1 aliphatic rings. The fourth-order valence-electron chi connectivity index (χ4n) is 2.41. The van der Waals surface area contributed by atoms with Crippen LogP contribution in [0.3, 0.4) is 0 Å². The Morgan fingerprint density at radius 2 is 2.28 bits per heavy atom. The molecule has 1 aromatic rings. The molecule has 2 unspecified atom stereocenters. The van der Waals surface area contributed by atoms with Gasteiger partial charge in [-0.1, -0.05) is 6.42 Å². The summed E-state index contributed by atoms with van der Waals surface area (Å²) in [6.07, 6.45) is 3.12. The van der Waals surface area contributed by atoms with Crippen LogP contribution >= 0.6 is 27.3 Å². The van der Waals surface area contributed by atoms with Gasteiger partial charge in [0.05, 0.1) is 14.8 Å². The van der Waals surface area contributed by atoms with E-state index in [4.69, 9.17) is 5.84 Å². The van der Waals surface area contributed by atoms with Crippen molar-refractivity contribution in [1.29, 1.82) is 0 Å². The fraction of sp³-hybridized carbons (Fsp3) is 0.636. The van der Waals surface area contributed by atoms with E-state index in [1.807, 2.05) is 12.1 Å². The van der Waals surface area contributed by atoms with Gasteiger partial charge >= 0.3 is 0 Å². The average molecular weight is 353 g/mol. The zero-order valence-corrected chi connectivity index (χ0v) is 13.2. The largest absolute Gasteiger partial charge is 0.271 e. The van der Waals surface area contributed by atoms with Crippen molar-refractivity contribution in [2.45, 2.75) is 37.0 Å². The first-order valence-corrected chi connectivity index (χ1v) is 9.27. The van der Waals surface area contributed by atoms with Crippen LogP contribution in [0.2, 0.25) is 0 Å². The lowest BCUT2D eigenvalue weighted by atomic mass is 10.0. The SMILES string of the molecule is NNC(Cc1ccc(Br)s1)C1CCCCS1(=O)=O. The summed E-state index contributed by atoms with van der Waals surface area (Å²) >= 11 is 5.03. The Balaban J connectivity index is 2.12. The molecule has 0 amide bonds. The number of hydrazine groups is 1. The van der Waals surface area contributed by atoms with Crippen molar-refractivity contribution >= 4 is 37.1 Å². The summed E-state index contributed by atoms with van der Waals surface area (Å²) in [5, 5.41) is -0.350. The van der Waals surface area contributed by atoms with E-state index in [0.717, 1.165) is 21.5 Å². The molecular weight excluding hydrogens is 336 g/mol. The summed E-state index contributed by atoms with van der Waals surface area (Å²) in [7, 11) is -3.00. The highest BCUT2D eigenvalue weighted by atomic mass is 79.9. The van der Waals surface area contributed by atoms with Crippen LogP contribution in [0.15, 0.2) is 15.9 Å². The highest BCUT2D eigenvalue weighted by molar-refractivity contribution is 9.11. The summed E-state index contributed by atoms with van der Waals surface area (Å²) in [4.78, 5) is 1.14. The van der Waals surface area contributed by atoms with Crippen LogP contribution < -0.4 is 11.3 Å². The Kier molecular flexibility index (Phi) is 4.82. The second-order valence-electron chi connectivity index (χ2n) is 4.58. The van der Waals surface area contributed by atoms with Gasteiger partial charge in [0.2, 0.25) is 0 Å². The second kappa shape index (κ2) is 6.00. The van der Waals surface area contributed by atoms with E-state index in [1.165, 1.54) is 0 Å². The third-order valence-electron chi connectivity index (χ3n) is 3.34. The van der Waals surface area contributed by atoms with Gasteiger partial charge in [-0.15, -0.1) is 11.3 Å². The van der Waals surface area contributed by atoms with Gasteiger partial charge in [-0.2, -0.15) is 0 Å². The number of halogens is 1. The minimum atomic E-state index is -3.00. The van der Waals surface area contributed by atoms with Crippen molar-refractivity contribution in [3.8, 4) is 0 Å². The molecule has 1 saturated heterocycles. The van der Waals surface area contributed by atoms with Crippen molar-refractivity contribution in [3.05, 3.63) is 20.8 Å². The molecule has 18 heavy (non-hydrogen) atoms. The number of nitrogens with two attached hydrogens (primary N) is 1. The Bertz CT molecular complexity index is 501. The molecule has 4 nitrogen and oxygen atoms in total. The first kappa shape index (κ1) is 14.5. The molecule has 2 heterocycles. The minimum absolute atomic E-state index is 0.194. The lowest BCUT2D eigenvalue weighted by Crippen LogP contribution is -2.50. The molecule has 0 aliphatic carbocycles. The molecule has 0 radical (unpaired) electrons. The minimum Gasteiger partial charge on any atom is -0.271 e. The number of hydrogen-bond donors (Lipinski definition) is 2. The number of hydrogen-bond acceptors (Lipinski definition) is 5. The monoisotopic (exact) mass is 352 g/mol. The Morgan fingerprint density at radius 3 is 2.83 bits per heavy atom. The predicted octanol–water partition coefficient (Wildman–Crippen LogP) is 1.85. The first-order chi connectivity index (χ1) is 8.53. The first-order valence-electron chi connectivity index (χ1n) is 5.95. The maximum absolute atomic E-state index is 12.1. The summed E-state index contributed by atoms with van der Waals surface area (Å²) < 4.78 is 25.2. The van der Waals surface area contributed by atoms with Gasteiger partial charge in [0, 0.05) is 10.9 Å². The molecule has 0 bridgehead atoms. The van der Waals surface area contributed by atoms with Crippen LogP contribution in [0, 0.1) is 0 Å². The molecule has 1 aromatic heterocycles. The molecule has 1 fully saturated rings. The molecule has 0 aromatic carbocycles. The molecule has 102 valence electrons. The predicted molar refractivity (Wildman–Crippen MR) is 78.3 cm³/mol. The average Bonchev–Trinajstić information content (AvgIpc) is 2.72. The van der Waals surface area contributed by atoms with Crippen molar-refractivity contribution in [1.82, 2.24) is 5.43 Å². The summed E-state index contributed by atoms with van der Waals surface area (Å²) in [6.45, 7) is 0. The molecule has 7 heteroatoms. The zero-order valence-electron chi connectivity index (χ0n) is 9.93. The Labute approximate surface area is 120 Å². The number of nitrogens with one attached hydrogen (secondary N) is 1. The molecule has 0 saturated carbocycles. The van der Waals surface area contributed by atoms with Gasteiger partial charge in [0.25, 0.3) is 0 Å². The molecule has 2 rings (SSSR count). The van der Waals surface area contributed by atoms with Gasteiger partial charge in [-0.3, -0.25) is 11.3 Å². The second-order valence-corrected chi connectivity index (χ2v) is 9.47. The smallest absolute Gasteiger partial charge is 0.154 e. The van der Waals surface area contributed by atoms with E-state index in [2.05, 4.69) is 21.4 Å². The van der Waals surface area contributed by atoms with Crippen LogP contribution in [0.4, 0.5) is 0 Å². The molecule has 1 aliphatic heterocycles. The topological polar surface area (TPSA) is 72.2 Å². The van der Waals surface area contributed by atoms with Gasteiger partial charge in [-0.05, 0) is 47.3 Å². The zero-order chi connectivity index (χ0) is 13.2. The molecule has 0 spiro atoms. The van der Waals surface area contributed by atoms with Crippen molar-refractivity contribution in [2.24, 2.45) is 5.84 Å². The number of sulfone groups is 1. The van der Waals surface area contributed by atoms with Crippen LogP contribution in [0.5, 0.6) is 0 Å². The van der Waals surface area contributed by atoms with E-state index < -0.39 is 9.84 Å². The standard InChI is InChI=1S/C11H17BrN2O2S2/c12-11-5-4-8(17-11)7-9(14-13)10-3-1-2-6-18(10,15)16/h4-5,9-10,14H,1-3,6-7,13H2. The summed E-state index contributed by atoms with van der Waals surface area (Å²) in [5.41, 5.74) is 2.70. The van der Waals surface area contributed by atoms with E-state index in [9.17, 15) is 8.42 Å². The summed E-state index contributed by atoms with van der Waals surface area (Å²) in [6, 6.07) is 3.79. The highest BCUT2D eigenvalue weighted by Gasteiger charge is 2.35. The number of rotatable bonds is 4. The van der Waals surface area contributed by atoms with Gasteiger partial charge in [0.1, 0.15) is 0 Å². The number of thiophene rings is 1. The van der Waals surface area contributed by atoms with E-state index in [-0.39, 0.29) is 11.3 Å². The Morgan fingerprint density at radius 1 is 1.50 bits per heavy atom. The van der Waals surface area contributed by atoms with Crippen molar-refractivity contribution in [2.75, 3.05) is 5.75 Å². The van der Waals surface area contributed by atoms with Crippen LogP contribution in [0.1, 0.15) is 24.1 Å². The van der Waals surface area contributed by atoms with Gasteiger partial charge < -0.3 is 0 Å². The molecule has 2 atom stereocenters. The summed E-state index contributed by atoms with van der Waals surface area (Å²) in [5.74, 6) is 5.85. The molecular formula is C11H17BrN2O2S2. The lowest BCUT2D eigenvalue weighted by molar-refractivity contribution is 0.442. The van der Waals surface area contributed by atoms with Crippen LogP contribution in [0.25, 0.3) is 0 Å². The molecule has 3 N–H and O–H groups in total. The third kappa shape index (κ3) is 3.33.